The van der Waals surface area contributed by atoms with Gasteiger partial charge in [0.15, 0.2) is 0 Å². The third-order valence-electron chi connectivity index (χ3n) is 3.98. The van der Waals surface area contributed by atoms with E-state index in [1.165, 1.54) is 19.3 Å². The minimum atomic E-state index is -0.960. The van der Waals surface area contributed by atoms with Gasteiger partial charge in [0.2, 0.25) is 5.91 Å². The van der Waals surface area contributed by atoms with Gasteiger partial charge in [0, 0.05) is 19.6 Å². The first kappa shape index (κ1) is 15.3. The Morgan fingerprint density at radius 3 is 2.70 bits per heavy atom. The van der Waals surface area contributed by atoms with Crippen molar-refractivity contribution in [2.45, 2.75) is 50.7 Å². The normalized spacial score (nSPS) is 26.8. The third kappa shape index (κ3) is 4.76. The first-order chi connectivity index (χ1) is 9.65. The van der Waals surface area contributed by atoms with E-state index in [-0.39, 0.29) is 30.9 Å². The number of carboxylic acids is 1. The summed E-state index contributed by atoms with van der Waals surface area (Å²) in [5, 5.41) is 11.4. The van der Waals surface area contributed by atoms with Gasteiger partial charge in [0.1, 0.15) is 0 Å². The molecule has 0 aromatic carbocycles. The van der Waals surface area contributed by atoms with Crippen LogP contribution in [-0.4, -0.2) is 48.9 Å². The van der Waals surface area contributed by atoms with Crippen molar-refractivity contribution < 1.29 is 24.2 Å². The number of carbonyl (C=O) groups is 2. The van der Waals surface area contributed by atoms with Gasteiger partial charge in [-0.3, -0.25) is 9.59 Å². The molecule has 20 heavy (non-hydrogen) atoms. The summed E-state index contributed by atoms with van der Waals surface area (Å²) in [6.45, 7) is 1.84. The Kier molecular flexibility index (Phi) is 5.79. The second-order valence-electron chi connectivity index (χ2n) is 5.60. The van der Waals surface area contributed by atoms with Gasteiger partial charge in [-0.15, -0.1) is 0 Å². The predicted molar refractivity (Wildman–Crippen MR) is 71.3 cm³/mol. The summed E-state index contributed by atoms with van der Waals surface area (Å²) in [5.41, 5.74) is 0. The van der Waals surface area contributed by atoms with Gasteiger partial charge in [0.25, 0.3) is 0 Å². The van der Waals surface area contributed by atoms with Crippen molar-refractivity contribution in [1.82, 2.24) is 5.32 Å². The van der Waals surface area contributed by atoms with Gasteiger partial charge in [-0.05, 0) is 25.2 Å². The first-order valence-electron chi connectivity index (χ1n) is 7.35. The minimum Gasteiger partial charge on any atom is -0.481 e. The van der Waals surface area contributed by atoms with Crippen LogP contribution in [-0.2, 0) is 19.1 Å². The van der Waals surface area contributed by atoms with E-state index in [1.807, 2.05) is 0 Å². The number of ether oxygens (including phenoxy) is 2. The van der Waals surface area contributed by atoms with Crippen LogP contribution in [0.1, 0.15) is 38.5 Å². The van der Waals surface area contributed by atoms with E-state index in [0.29, 0.717) is 19.1 Å². The van der Waals surface area contributed by atoms with Crippen LogP contribution in [0.15, 0.2) is 0 Å². The first-order valence-corrected chi connectivity index (χ1v) is 7.35. The molecule has 1 amide bonds. The number of hydrogen-bond acceptors (Lipinski definition) is 4. The van der Waals surface area contributed by atoms with Crippen molar-refractivity contribution in [3.8, 4) is 0 Å². The van der Waals surface area contributed by atoms with Gasteiger partial charge < -0.3 is 19.9 Å². The molecule has 2 fully saturated rings. The molecule has 0 radical (unpaired) electrons. The van der Waals surface area contributed by atoms with Gasteiger partial charge in [-0.25, -0.2) is 0 Å². The SMILES string of the molecule is O=C(O)CCC(=O)N[C@@H]1COCC[C@@H]1OCC1CCC1. The number of carbonyl (C=O) groups excluding carboxylic acids is 1. The molecule has 2 aliphatic rings. The molecular weight excluding hydrogens is 262 g/mol. The zero-order valence-corrected chi connectivity index (χ0v) is 11.7. The van der Waals surface area contributed by atoms with E-state index in [0.717, 1.165) is 13.0 Å². The standard InChI is InChI=1S/C14H23NO5/c16-13(4-5-14(17)18)15-11-9-19-7-6-12(11)20-8-10-2-1-3-10/h10-12H,1-9H2,(H,15,16)(H,17,18)/t11-,12+/m1/s1. The quantitative estimate of drug-likeness (QED) is 0.727. The Labute approximate surface area is 118 Å². The molecular formula is C14H23NO5. The summed E-state index contributed by atoms with van der Waals surface area (Å²) in [5.74, 6) is -0.542. The summed E-state index contributed by atoms with van der Waals surface area (Å²) in [4.78, 5) is 22.1. The molecule has 6 heteroatoms. The van der Waals surface area contributed by atoms with E-state index < -0.39 is 5.97 Å². The van der Waals surface area contributed by atoms with Crippen molar-refractivity contribution in [1.29, 1.82) is 0 Å². The summed E-state index contributed by atoms with van der Waals surface area (Å²) < 4.78 is 11.3. The topological polar surface area (TPSA) is 84.9 Å². The Hall–Kier alpha value is -1.14. The molecule has 1 aliphatic carbocycles. The average molecular weight is 285 g/mol. The fourth-order valence-corrected chi connectivity index (χ4v) is 2.47. The Morgan fingerprint density at radius 1 is 1.25 bits per heavy atom. The molecule has 1 heterocycles. The highest BCUT2D eigenvalue weighted by atomic mass is 16.5. The predicted octanol–water partition coefficient (Wildman–Crippen LogP) is 0.942. The van der Waals surface area contributed by atoms with Crippen LogP contribution in [0.5, 0.6) is 0 Å². The number of hydrogen-bond donors (Lipinski definition) is 2. The van der Waals surface area contributed by atoms with E-state index in [1.54, 1.807) is 0 Å². The summed E-state index contributed by atoms with van der Waals surface area (Å²) in [6.07, 6.45) is 4.37. The smallest absolute Gasteiger partial charge is 0.303 e. The zero-order valence-electron chi connectivity index (χ0n) is 11.7. The largest absolute Gasteiger partial charge is 0.481 e. The maximum atomic E-state index is 11.7. The molecule has 0 bridgehead atoms. The number of nitrogens with one attached hydrogen (secondary N) is 1. The third-order valence-corrected chi connectivity index (χ3v) is 3.98. The van der Waals surface area contributed by atoms with E-state index in [2.05, 4.69) is 5.32 Å². The average Bonchev–Trinajstić information content (AvgIpc) is 2.36. The zero-order chi connectivity index (χ0) is 14.4. The number of rotatable bonds is 7. The lowest BCUT2D eigenvalue weighted by molar-refractivity contribution is -0.139. The number of amides is 1. The van der Waals surface area contributed by atoms with E-state index in [9.17, 15) is 9.59 Å². The second-order valence-corrected chi connectivity index (χ2v) is 5.60. The van der Waals surface area contributed by atoms with Crippen LogP contribution < -0.4 is 5.32 Å². The van der Waals surface area contributed by atoms with Gasteiger partial charge >= 0.3 is 5.97 Å². The maximum Gasteiger partial charge on any atom is 0.303 e. The number of aliphatic carboxylic acids is 1. The van der Waals surface area contributed by atoms with Crippen LogP contribution in [0.25, 0.3) is 0 Å². The Morgan fingerprint density at radius 2 is 2.05 bits per heavy atom. The van der Waals surface area contributed by atoms with Crippen LogP contribution in [0.3, 0.4) is 0 Å². The molecule has 2 atom stereocenters. The molecule has 0 unspecified atom stereocenters. The van der Waals surface area contributed by atoms with Gasteiger partial charge in [-0.2, -0.15) is 0 Å². The molecule has 2 rings (SSSR count). The van der Waals surface area contributed by atoms with Crippen LogP contribution >= 0.6 is 0 Å². The Bertz CT molecular complexity index is 342. The fourth-order valence-electron chi connectivity index (χ4n) is 2.47. The van der Waals surface area contributed by atoms with Crippen LogP contribution in [0.4, 0.5) is 0 Å². The summed E-state index contributed by atoms with van der Waals surface area (Å²) in [7, 11) is 0. The number of carboxylic acid groups (broad SMARTS) is 1. The van der Waals surface area contributed by atoms with Crippen molar-refractivity contribution >= 4 is 11.9 Å². The van der Waals surface area contributed by atoms with Crippen molar-refractivity contribution in [2.24, 2.45) is 5.92 Å². The summed E-state index contributed by atoms with van der Waals surface area (Å²) >= 11 is 0. The van der Waals surface area contributed by atoms with Gasteiger partial charge in [-0.1, -0.05) is 6.42 Å². The summed E-state index contributed by atoms with van der Waals surface area (Å²) in [6, 6.07) is -0.162. The maximum absolute atomic E-state index is 11.7. The van der Waals surface area contributed by atoms with Crippen LogP contribution in [0, 0.1) is 5.92 Å². The highest BCUT2D eigenvalue weighted by molar-refractivity contribution is 5.80. The molecule has 0 aromatic heterocycles. The highest BCUT2D eigenvalue weighted by Crippen LogP contribution is 2.27. The van der Waals surface area contributed by atoms with Crippen molar-refractivity contribution in [2.75, 3.05) is 19.8 Å². The minimum absolute atomic E-state index is 0.00117. The molecule has 2 N–H and O–H groups in total. The highest BCUT2D eigenvalue weighted by Gasteiger charge is 2.29. The van der Waals surface area contributed by atoms with Gasteiger partial charge in [0.05, 0.1) is 25.2 Å². The molecule has 0 aromatic rings. The molecule has 0 spiro atoms. The molecule has 1 saturated carbocycles. The van der Waals surface area contributed by atoms with E-state index in [4.69, 9.17) is 14.6 Å². The van der Waals surface area contributed by atoms with Crippen LogP contribution in [0.2, 0.25) is 0 Å². The fraction of sp³-hybridized carbons (Fsp3) is 0.857. The molecule has 1 aliphatic heterocycles. The second kappa shape index (κ2) is 7.59. The van der Waals surface area contributed by atoms with Crippen molar-refractivity contribution in [3.63, 3.8) is 0 Å². The molecule has 114 valence electrons. The lowest BCUT2D eigenvalue weighted by Crippen LogP contribution is -2.51. The van der Waals surface area contributed by atoms with E-state index >= 15 is 0 Å². The molecule has 1 saturated heterocycles. The lowest BCUT2D eigenvalue weighted by atomic mass is 9.86. The molecule has 6 nitrogen and oxygen atoms in total. The van der Waals surface area contributed by atoms with Crippen molar-refractivity contribution in [3.05, 3.63) is 0 Å². The Balaban J connectivity index is 1.73. The lowest BCUT2D eigenvalue weighted by Gasteiger charge is -2.34. The monoisotopic (exact) mass is 285 g/mol.